The molecule has 0 saturated carbocycles. The summed E-state index contributed by atoms with van der Waals surface area (Å²) in [4.78, 5) is 14.8. The van der Waals surface area contributed by atoms with Gasteiger partial charge in [-0.3, -0.25) is 4.79 Å². The molecular formula is C24H24F2N2O. The van der Waals surface area contributed by atoms with Crippen LogP contribution in [0, 0.1) is 25.5 Å². The maximum absolute atomic E-state index is 14.1. The molecule has 1 atom stereocenters. The zero-order valence-corrected chi connectivity index (χ0v) is 16.5. The van der Waals surface area contributed by atoms with Gasteiger partial charge in [0.1, 0.15) is 6.04 Å². The Kier molecular flexibility index (Phi) is 6.39. The van der Waals surface area contributed by atoms with E-state index in [1.165, 1.54) is 12.1 Å². The molecule has 0 aromatic heterocycles. The second-order valence-corrected chi connectivity index (χ2v) is 7.11. The number of halogens is 2. The molecule has 0 bridgehead atoms. The van der Waals surface area contributed by atoms with Crippen molar-refractivity contribution in [2.45, 2.75) is 26.3 Å². The van der Waals surface area contributed by atoms with Gasteiger partial charge in [-0.15, -0.1) is 0 Å². The molecule has 0 unspecified atom stereocenters. The fourth-order valence-electron chi connectivity index (χ4n) is 3.20. The van der Waals surface area contributed by atoms with E-state index in [0.717, 1.165) is 17.2 Å². The molecule has 0 saturated heterocycles. The molecule has 0 aliphatic rings. The van der Waals surface area contributed by atoms with Crippen LogP contribution in [0.5, 0.6) is 0 Å². The van der Waals surface area contributed by atoms with Gasteiger partial charge in [-0.05, 0) is 60.7 Å². The van der Waals surface area contributed by atoms with Crippen LogP contribution in [0.2, 0.25) is 0 Å². The van der Waals surface area contributed by atoms with Gasteiger partial charge in [0.05, 0.1) is 0 Å². The van der Waals surface area contributed by atoms with Crippen molar-refractivity contribution in [2.24, 2.45) is 5.73 Å². The fraction of sp³-hybridized carbons (Fsp3) is 0.208. The molecule has 3 nitrogen and oxygen atoms in total. The number of benzene rings is 3. The molecule has 150 valence electrons. The van der Waals surface area contributed by atoms with Crippen molar-refractivity contribution < 1.29 is 13.6 Å². The standard InChI is InChI=1S/C24H24F2N2O/c1-16-11-12-20(15-17(16)2)28(14-13-18-9-6-10-21(25)22(18)26)24(29)23(27)19-7-4-3-5-8-19/h3-12,15,23H,13-14,27H2,1-2H3/t23-/m0/s1. The van der Waals surface area contributed by atoms with E-state index in [4.69, 9.17) is 5.73 Å². The summed E-state index contributed by atoms with van der Waals surface area (Å²) < 4.78 is 27.6. The van der Waals surface area contributed by atoms with E-state index in [1.54, 1.807) is 17.0 Å². The highest BCUT2D eigenvalue weighted by atomic mass is 19.2. The smallest absolute Gasteiger partial charge is 0.248 e. The lowest BCUT2D eigenvalue weighted by Crippen LogP contribution is -2.40. The zero-order valence-electron chi connectivity index (χ0n) is 16.5. The number of nitrogens with zero attached hydrogens (tertiary/aromatic N) is 1. The summed E-state index contributed by atoms with van der Waals surface area (Å²) in [6, 6.07) is 18.0. The van der Waals surface area contributed by atoms with E-state index >= 15 is 0 Å². The summed E-state index contributed by atoms with van der Waals surface area (Å²) >= 11 is 0. The highest BCUT2D eigenvalue weighted by Gasteiger charge is 2.24. The van der Waals surface area contributed by atoms with Crippen LogP contribution in [0.25, 0.3) is 0 Å². The number of amides is 1. The maximum Gasteiger partial charge on any atom is 0.248 e. The number of aryl methyl sites for hydroxylation is 2. The second-order valence-electron chi connectivity index (χ2n) is 7.11. The normalized spacial score (nSPS) is 11.9. The first-order chi connectivity index (χ1) is 13.9. The van der Waals surface area contributed by atoms with Crippen molar-refractivity contribution in [1.82, 2.24) is 0 Å². The first-order valence-electron chi connectivity index (χ1n) is 9.50. The number of anilines is 1. The van der Waals surface area contributed by atoms with E-state index < -0.39 is 17.7 Å². The zero-order chi connectivity index (χ0) is 21.0. The molecule has 3 aromatic carbocycles. The lowest BCUT2D eigenvalue weighted by Gasteiger charge is -2.27. The first-order valence-corrected chi connectivity index (χ1v) is 9.50. The van der Waals surface area contributed by atoms with Crippen LogP contribution in [-0.2, 0) is 11.2 Å². The van der Waals surface area contributed by atoms with Crippen molar-refractivity contribution in [3.05, 3.63) is 101 Å². The van der Waals surface area contributed by atoms with Crippen LogP contribution in [0.3, 0.4) is 0 Å². The molecule has 3 aromatic rings. The summed E-state index contributed by atoms with van der Waals surface area (Å²) in [5.74, 6) is -2.07. The van der Waals surface area contributed by atoms with Crippen molar-refractivity contribution >= 4 is 11.6 Å². The third-order valence-corrected chi connectivity index (χ3v) is 5.13. The third-order valence-electron chi connectivity index (χ3n) is 5.13. The number of hydrogen-bond acceptors (Lipinski definition) is 2. The molecule has 0 radical (unpaired) electrons. The van der Waals surface area contributed by atoms with Crippen molar-refractivity contribution in [3.63, 3.8) is 0 Å². The van der Waals surface area contributed by atoms with Gasteiger partial charge in [0.2, 0.25) is 5.91 Å². The minimum atomic E-state index is -0.896. The number of rotatable bonds is 6. The minimum Gasteiger partial charge on any atom is -0.316 e. The molecule has 29 heavy (non-hydrogen) atoms. The fourth-order valence-corrected chi connectivity index (χ4v) is 3.20. The molecule has 0 aliphatic carbocycles. The number of nitrogens with two attached hydrogens (primary N) is 1. The highest BCUT2D eigenvalue weighted by Crippen LogP contribution is 2.24. The van der Waals surface area contributed by atoms with E-state index in [2.05, 4.69) is 0 Å². The average molecular weight is 394 g/mol. The topological polar surface area (TPSA) is 46.3 Å². The first kappa shape index (κ1) is 20.7. The van der Waals surface area contributed by atoms with Crippen molar-refractivity contribution in [3.8, 4) is 0 Å². The van der Waals surface area contributed by atoms with Gasteiger partial charge in [-0.25, -0.2) is 8.78 Å². The molecule has 1 amide bonds. The van der Waals surface area contributed by atoms with Gasteiger partial charge in [-0.2, -0.15) is 0 Å². The summed E-state index contributed by atoms with van der Waals surface area (Å²) in [5.41, 5.74) is 9.98. The Morgan fingerprint density at radius 2 is 1.69 bits per heavy atom. The summed E-state index contributed by atoms with van der Waals surface area (Å²) in [6.45, 7) is 4.14. The van der Waals surface area contributed by atoms with Crippen LogP contribution in [0.15, 0.2) is 66.7 Å². The van der Waals surface area contributed by atoms with Gasteiger partial charge in [0.15, 0.2) is 11.6 Å². The van der Waals surface area contributed by atoms with Gasteiger partial charge in [0.25, 0.3) is 0 Å². The molecule has 3 rings (SSSR count). The monoisotopic (exact) mass is 394 g/mol. The van der Waals surface area contributed by atoms with Gasteiger partial charge >= 0.3 is 0 Å². The Morgan fingerprint density at radius 3 is 2.38 bits per heavy atom. The van der Waals surface area contributed by atoms with Crippen LogP contribution in [0.1, 0.15) is 28.3 Å². The number of carbonyl (C=O) groups is 1. The van der Waals surface area contributed by atoms with E-state index in [1.807, 2.05) is 50.2 Å². The Hall–Kier alpha value is -3.05. The predicted octanol–water partition coefficient (Wildman–Crippen LogP) is 4.86. The molecule has 0 aliphatic heterocycles. The largest absolute Gasteiger partial charge is 0.316 e. The molecule has 0 fully saturated rings. The van der Waals surface area contributed by atoms with Crippen LogP contribution in [0.4, 0.5) is 14.5 Å². The Labute approximate surface area is 169 Å². The third kappa shape index (κ3) is 4.69. The number of carbonyl (C=O) groups excluding carboxylic acids is 1. The lowest BCUT2D eigenvalue weighted by molar-refractivity contribution is -0.120. The summed E-state index contributed by atoms with van der Waals surface area (Å²) in [7, 11) is 0. The molecule has 2 N–H and O–H groups in total. The average Bonchev–Trinajstić information content (AvgIpc) is 2.73. The Bertz CT molecular complexity index is 1010. The molecule has 0 spiro atoms. The number of hydrogen-bond donors (Lipinski definition) is 1. The van der Waals surface area contributed by atoms with Crippen LogP contribution in [-0.4, -0.2) is 12.5 Å². The lowest BCUT2D eigenvalue weighted by atomic mass is 10.0. The Balaban J connectivity index is 1.91. The SMILES string of the molecule is Cc1ccc(N(CCc2cccc(F)c2F)C(=O)[C@@H](N)c2ccccc2)cc1C. The molecule has 0 heterocycles. The molecule has 5 heteroatoms. The highest BCUT2D eigenvalue weighted by molar-refractivity contribution is 5.97. The second kappa shape index (κ2) is 8.97. The van der Waals surface area contributed by atoms with Crippen molar-refractivity contribution in [1.29, 1.82) is 0 Å². The summed E-state index contributed by atoms with van der Waals surface area (Å²) in [5, 5.41) is 0. The van der Waals surface area contributed by atoms with E-state index in [9.17, 15) is 13.6 Å². The Morgan fingerprint density at radius 1 is 0.966 bits per heavy atom. The maximum atomic E-state index is 14.1. The van der Waals surface area contributed by atoms with Gasteiger partial charge < -0.3 is 10.6 Å². The molecular weight excluding hydrogens is 370 g/mol. The van der Waals surface area contributed by atoms with E-state index in [0.29, 0.717) is 11.3 Å². The predicted molar refractivity (Wildman–Crippen MR) is 112 cm³/mol. The van der Waals surface area contributed by atoms with Crippen LogP contribution >= 0.6 is 0 Å². The van der Waals surface area contributed by atoms with Crippen molar-refractivity contribution in [2.75, 3.05) is 11.4 Å². The van der Waals surface area contributed by atoms with E-state index in [-0.39, 0.29) is 24.4 Å². The van der Waals surface area contributed by atoms with Crippen LogP contribution < -0.4 is 10.6 Å². The quantitative estimate of drug-likeness (QED) is 0.649. The van der Waals surface area contributed by atoms with Gasteiger partial charge in [-0.1, -0.05) is 48.5 Å². The summed E-state index contributed by atoms with van der Waals surface area (Å²) in [6.07, 6.45) is 0.170. The van der Waals surface area contributed by atoms with Gasteiger partial charge in [0, 0.05) is 12.2 Å². The minimum absolute atomic E-state index is 0.170.